The molecule has 2 heterocycles. The molecule has 2 aromatic rings. The Morgan fingerprint density at radius 2 is 1.97 bits per heavy atom. The summed E-state index contributed by atoms with van der Waals surface area (Å²) in [5, 5.41) is 2.79. The van der Waals surface area contributed by atoms with Crippen LogP contribution in [0.15, 0.2) is 41.2 Å². The minimum atomic E-state index is -4.52. The van der Waals surface area contributed by atoms with Crippen molar-refractivity contribution in [3.63, 3.8) is 0 Å². The number of amides is 1. The second-order valence-electron chi connectivity index (χ2n) is 8.28. The smallest absolute Gasteiger partial charge is 0.352 e. The fourth-order valence-corrected chi connectivity index (χ4v) is 4.34. The second-order valence-corrected chi connectivity index (χ2v) is 8.28. The molecule has 0 aliphatic carbocycles. The zero-order chi connectivity index (χ0) is 23.3. The van der Waals surface area contributed by atoms with Crippen LogP contribution in [-0.2, 0) is 6.18 Å². The average molecular weight is 450 g/mol. The third kappa shape index (κ3) is 5.59. The number of nitrogens with one attached hydrogen (secondary N) is 1. The van der Waals surface area contributed by atoms with Gasteiger partial charge in [0.2, 0.25) is 0 Å². The third-order valence-electron chi connectivity index (χ3n) is 6.08. The monoisotopic (exact) mass is 449 g/mol. The number of halogens is 3. The van der Waals surface area contributed by atoms with Gasteiger partial charge in [0.25, 0.3) is 11.5 Å². The maximum Gasteiger partial charge on any atom is 0.416 e. The van der Waals surface area contributed by atoms with Gasteiger partial charge in [-0.15, -0.1) is 0 Å². The summed E-state index contributed by atoms with van der Waals surface area (Å²) in [6, 6.07) is 8.13. The predicted octanol–water partition coefficient (Wildman–Crippen LogP) is 4.55. The van der Waals surface area contributed by atoms with Crippen molar-refractivity contribution in [2.45, 2.75) is 58.2 Å². The molecular formula is C24H30F3N3O2. The van der Waals surface area contributed by atoms with E-state index >= 15 is 0 Å². The fourth-order valence-electron chi connectivity index (χ4n) is 4.34. The number of nitrogens with zero attached hydrogens (tertiary/aromatic N) is 2. The zero-order valence-corrected chi connectivity index (χ0v) is 18.5. The molecular weight excluding hydrogens is 419 g/mol. The second kappa shape index (κ2) is 10.3. The molecule has 5 nitrogen and oxygen atoms in total. The lowest BCUT2D eigenvalue weighted by Crippen LogP contribution is -2.41. The molecule has 1 amide bonds. The number of rotatable bonds is 7. The quantitative estimate of drug-likeness (QED) is 0.631. The molecule has 1 aliphatic rings. The van der Waals surface area contributed by atoms with Gasteiger partial charge in [0, 0.05) is 30.5 Å². The third-order valence-corrected chi connectivity index (χ3v) is 6.08. The Bertz CT molecular complexity index is 1000. The zero-order valence-electron chi connectivity index (χ0n) is 18.5. The highest BCUT2D eigenvalue weighted by atomic mass is 19.4. The molecule has 1 saturated heterocycles. The Kier molecular flexibility index (Phi) is 7.77. The molecule has 1 atom stereocenters. The number of alkyl halides is 3. The van der Waals surface area contributed by atoms with Crippen LogP contribution in [0.5, 0.6) is 0 Å². The minimum absolute atomic E-state index is 0.0766. The van der Waals surface area contributed by atoms with Crippen LogP contribution >= 0.6 is 0 Å². The molecule has 1 aliphatic heterocycles. The number of likely N-dealkylation sites (tertiary alicyclic amines) is 1. The first-order valence-electron chi connectivity index (χ1n) is 11.1. The molecule has 32 heavy (non-hydrogen) atoms. The van der Waals surface area contributed by atoms with E-state index in [2.05, 4.69) is 17.1 Å². The highest BCUT2D eigenvalue weighted by Gasteiger charge is 2.30. The van der Waals surface area contributed by atoms with E-state index in [0.29, 0.717) is 18.3 Å². The number of carbonyl (C=O) groups is 1. The van der Waals surface area contributed by atoms with Crippen LogP contribution in [0.3, 0.4) is 0 Å². The van der Waals surface area contributed by atoms with E-state index < -0.39 is 23.2 Å². The predicted molar refractivity (Wildman–Crippen MR) is 118 cm³/mol. The van der Waals surface area contributed by atoms with Crippen LogP contribution in [0, 0.1) is 6.92 Å². The van der Waals surface area contributed by atoms with Crippen LogP contribution in [0.2, 0.25) is 0 Å². The molecule has 3 rings (SSSR count). The van der Waals surface area contributed by atoms with E-state index in [1.807, 2.05) is 0 Å². The van der Waals surface area contributed by atoms with Crippen LogP contribution < -0.4 is 10.9 Å². The highest BCUT2D eigenvalue weighted by molar-refractivity contribution is 5.93. The van der Waals surface area contributed by atoms with Gasteiger partial charge in [0.1, 0.15) is 5.56 Å². The average Bonchev–Trinajstić information content (AvgIpc) is 2.76. The fraction of sp³-hybridized carbons (Fsp3) is 0.500. The Morgan fingerprint density at radius 3 is 2.69 bits per heavy atom. The van der Waals surface area contributed by atoms with Gasteiger partial charge in [0.15, 0.2) is 0 Å². The Hall–Kier alpha value is -2.61. The van der Waals surface area contributed by atoms with Crippen molar-refractivity contribution in [1.82, 2.24) is 14.8 Å². The van der Waals surface area contributed by atoms with Gasteiger partial charge >= 0.3 is 6.18 Å². The van der Waals surface area contributed by atoms with Gasteiger partial charge < -0.3 is 10.2 Å². The molecule has 174 valence electrons. The van der Waals surface area contributed by atoms with Crippen LogP contribution in [0.1, 0.15) is 60.6 Å². The van der Waals surface area contributed by atoms with Crippen molar-refractivity contribution < 1.29 is 18.0 Å². The Labute approximate surface area is 186 Å². The van der Waals surface area contributed by atoms with Crippen molar-refractivity contribution in [2.75, 3.05) is 19.6 Å². The lowest BCUT2D eigenvalue weighted by molar-refractivity contribution is -0.137. The van der Waals surface area contributed by atoms with Gasteiger partial charge in [-0.3, -0.25) is 14.2 Å². The van der Waals surface area contributed by atoms with Crippen molar-refractivity contribution in [3.05, 3.63) is 63.6 Å². The van der Waals surface area contributed by atoms with Gasteiger partial charge in [-0.2, -0.15) is 13.2 Å². The molecule has 0 saturated carbocycles. The molecule has 0 spiro atoms. The van der Waals surface area contributed by atoms with Crippen molar-refractivity contribution >= 4 is 5.91 Å². The number of carbonyl (C=O) groups excluding carboxylic acids is 1. The maximum absolute atomic E-state index is 13.1. The van der Waals surface area contributed by atoms with Crippen LogP contribution in [-0.4, -0.2) is 41.1 Å². The molecule has 8 heteroatoms. The summed E-state index contributed by atoms with van der Waals surface area (Å²) in [5.41, 5.74) is -1.05. The van der Waals surface area contributed by atoms with Gasteiger partial charge in [-0.1, -0.05) is 19.4 Å². The minimum Gasteiger partial charge on any atom is -0.352 e. The number of pyridine rings is 1. The number of aromatic nitrogens is 1. The normalized spacial score (nSPS) is 17.3. The molecule has 0 bridgehead atoms. The summed E-state index contributed by atoms with van der Waals surface area (Å²) in [7, 11) is 0. The summed E-state index contributed by atoms with van der Waals surface area (Å²) in [5.74, 6) is -0.513. The first-order valence-corrected chi connectivity index (χ1v) is 11.1. The summed E-state index contributed by atoms with van der Waals surface area (Å²) in [4.78, 5) is 28.1. The van der Waals surface area contributed by atoms with Gasteiger partial charge in [-0.25, -0.2) is 0 Å². The maximum atomic E-state index is 13.1. The van der Waals surface area contributed by atoms with E-state index in [4.69, 9.17) is 0 Å². The number of piperidine rings is 1. The summed E-state index contributed by atoms with van der Waals surface area (Å²) in [6.45, 7) is 6.21. The standard InChI is InChI=1S/C24H30F3N3O2/c1-3-19-9-4-5-14-29(19)15-7-13-28-22(31)21-12-11-17(2)30(23(21)32)20-10-6-8-18(16-20)24(25,26)27/h6,8,10-12,16,19H,3-5,7,9,13-15H2,1-2H3,(H,28,31). The molecule has 1 fully saturated rings. The Balaban J connectivity index is 1.70. The van der Waals surface area contributed by atoms with E-state index in [0.717, 1.165) is 42.6 Å². The number of hydrogen-bond donors (Lipinski definition) is 1. The first-order chi connectivity index (χ1) is 15.2. The molecule has 1 unspecified atom stereocenters. The lowest BCUT2D eigenvalue weighted by Gasteiger charge is -2.35. The van der Waals surface area contributed by atoms with Crippen molar-refractivity contribution in [2.24, 2.45) is 0 Å². The van der Waals surface area contributed by atoms with Crippen LogP contribution in [0.4, 0.5) is 13.2 Å². The van der Waals surface area contributed by atoms with E-state index in [-0.39, 0.29) is 11.3 Å². The van der Waals surface area contributed by atoms with Gasteiger partial charge in [0.05, 0.1) is 5.56 Å². The SMILES string of the molecule is CCC1CCCCN1CCCNC(=O)c1ccc(C)n(-c2cccc(C(F)(F)F)c2)c1=O. The summed E-state index contributed by atoms with van der Waals surface area (Å²) < 4.78 is 40.4. The van der Waals surface area contributed by atoms with E-state index in [9.17, 15) is 22.8 Å². The summed E-state index contributed by atoms with van der Waals surface area (Å²) >= 11 is 0. The first kappa shape index (κ1) is 24.0. The Morgan fingerprint density at radius 1 is 1.19 bits per heavy atom. The molecule has 1 aromatic carbocycles. The van der Waals surface area contributed by atoms with Gasteiger partial charge in [-0.05, 0) is 69.5 Å². The number of hydrogen-bond acceptors (Lipinski definition) is 3. The topological polar surface area (TPSA) is 54.3 Å². The highest BCUT2D eigenvalue weighted by Crippen LogP contribution is 2.30. The van der Waals surface area contributed by atoms with Crippen LogP contribution in [0.25, 0.3) is 5.69 Å². The lowest BCUT2D eigenvalue weighted by atomic mass is 10.00. The van der Waals surface area contributed by atoms with Crippen molar-refractivity contribution in [3.8, 4) is 5.69 Å². The molecule has 1 aromatic heterocycles. The summed E-state index contributed by atoms with van der Waals surface area (Å²) in [6.07, 6.45) is 1.04. The number of benzene rings is 1. The molecule has 0 radical (unpaired) electrons. The largest absolute Gasteiger partial charge is 0.416 e. The number of aryl methyl sites for hydroxylation is 1. The molecule has 1 N–H and O–H groups in total. The van der Waals surface area contributed by atoms with E-state index in [1.165, 1.54) is 37.5 Å². The van der Waals surface area contributed by atoms with E-state index in [1.54, 1.807) is 13.0 Å². The van der Waals surface area contributed by atoms with Crippen molar-refractivity contribution in [1.29, 1.82) is 0 Å².